The topological polar surface area (TPSA) is 17.1 Å². The molecule has 27 heavy (non-hydrogen) atoms. The summed E-state index contributed by atoms with van der Waals surface area (Å²) in [5.74, 6) is -2.01. The van der Waals surface area contributed by atoms with E-state index in [0.29, 0.717) is 24.3 Å². The van der Waals surface area contributed by atoms with Gasteiger partial charge in [0.1, 0.15) is 0 Å². The van der Waals surface area contributed by atoms with Crippen LogP contribution in [0.2, 0.25) is 0 Å². The average molecular weight is 486 g/mol. The van der Waals surface area contributed by atoms with Crippen molar-refractivity contribution in [3.05, 3.63) is 34.9 Å². The lowest BCUT2D eigenvalue weighted by Gasteiger charge is -2.38. The summed E-state index contributed by atoms with van der Waals surface area (Å²) in [7, 11) is 0. The van der Waals surface area contributed by atoms with Crippen molar-refractivity contribution in [2.45, 2.75) is 74.1 Å². The van der Waals surface area contributed by atoms with Crippen LogP contribution in [0.15, 0.2) is 34.9 Å². The van der Waals surface area contributed by atoms with E-state index in [-0.39, 0.29) is 26.3 Å². The Morgan fingerprint density at radius 3 is 2.19 bits per heavy atom. The van der Waals surface area contributed by atoms with E-state index in [0.717, 1.165) is 21.8 Å². The average Bonchev–Trinajstić information content (AvgIpc) is 2.71. The van der Waals surface area contributed by atoms with Crippen LogP contribution < -0.4 is 0 Å². The van der Waals surface area contributed by atoms with E-state index in [4.69, 9.17) is 0 Å². The molecule has 0 heterocycles. The molecule has 2 saturated carbocycles. The summed E-state index contributed by atoms with van der Waals surface area (Å²) in [5.41, 5.74) is 1.97. The standard InChI is InChI=1S/C23H29F2IO/c1-26-20-10-6-16(7-11-20)15-2-4-17(5-3-15)18-8-12-21-19(14-18)9-13-22(27)23(21,24)25/h9,13-17,20H,1-8,10-12H2. The fourth-order valence-corrected chi connectivity index (χ4v) is 7.27. The lowest BCUT2D eigenvalue weighted by Crippen LogP contribution is -2.34. The monoisotopic (exact) mass is 486 g/mol. The molecule has 4 aliphatic rings. The molecule has 2 fully saturated rings. The molecule has 4 heteroatoms. The van der Waals surface area contributed by atoms with Gasteiger partial charge in [-0.25, -0.2) is 0 Å². The molecule has 4 rings (SSSR count). The summed E-state index contributed by atoms with van der Waals surface area (Å²) in [6, 6.07) is 0. The van der Waals surface area contributed by atoms with Gasteiger partial charge in [0.15, 0.2) is 0 Å². The Bertz CT molecular complexity index is 702. The molecule has 0 atom stereocenters. The van der Waals surface area contributed by atoms with Crippen molar-refractivity contribution in [1.29, 1.82) is 0 Å². The number of rotatable bonds is 3. The second kappa shape index (κ2) is 8.00. The normalized spacial score (nSPS) is 36.4. The molecule has 0 aromatic carbocycles. The van der Waals surface area contributed by atoms with Gasteiger partial charge in [0.25, 0.3) is 0 Å². The number of ketones is 1. The first-order valence-electron chi connectivity index (χ1n) is 10.4. The first kappa shape index (κ1) is 19.7. The molecule has 0 bridgehead atoms. The van der Waals surface area contributed by atoms with Gasteiger partial charge in [-0.1, -0.05) is 22.2 Å². The Morgan fingerprint density at radius 1 is 0.926 bits per heavy atom. The maximum absolute atomic E-state index is 14.1. The Kier molecular flexibility index (Phi) is 5.82. The molecule has 0 spiro atoms. The fourth-order valence-electron chi connectivity index (χ4n) is 5.67. The SMILES string of the molecule is C=IC1CCC(C2CCC(C3=CC4=C(CC3)C(F)(F)C(=O)C=C4)CC2)CC1. The van der Waals surface area contributed by atoms with Gasteiger partial charge >= 0.3 is 5.92 Å². The highest BCUT2D eigenvalue weighted by Crippen LogP contribution is 2.46. The molecule has 4 aliphatic carbocycles. The van der Waals surface area contributed by atoms with Gasteiger partial charge in [-0.05, 0) is 93.6 Å². The third kappa shape index (κ3) is 3.92. The minimum Gasteiger partial charge on any atom is -0.288 e. The van der Waals surface area contributed by atoms with Crippen LogP contribution in [0.5, 0.6) is 0 Å². The lowest BCUT2D eigenvalue weighted by molar-refractivity contribution is -0.133. The van der Waals surface area contributed by atoms with Crippen molar-refractivity contribution in [2.75, 3.05) is 0 Å². The predicted molar refractivity (Wildman–Crippen MR) is 116 cm³/mol. The quantitative estimate of drug-likeness (QED) is 0.327. The van der Waals surface area contributed by atoms with E-state index in [1.54, 1.807) is 6.08 Å². The first-order valence-corrected chi connectivity index (χ1v) is 13.2. The smallest absolute Gasteiger partial charge is 0.288 e. The van der Waals surface area contributed by atoms with Crippen LogP contribution in [0.25, 0.3) is 0 Å². The molecule has 0 amide bonds. The number of hydrogen-bond acceptors (Lipinski definition) is 1. The summed E-state index contributed by atoms with van der Waals surface area (Å²) < 4.78 is 33.4. The van der Waals surface area contributed by atoms with Crippen molar-refractivity contribution in [3.63, 3.8) is 0 Å². The number of hydrogen-bond donors (Lipinski definition) is 0. The van der Waals surface area contributed by atoms with Gasteiger partial charge in [-0.2, -0.15) is 8.78 Å². The Labute approximate surface area is 171 Å². The molecule has 0 unspecified atom stereocenters. The molecule has 0 aromatic rings. The van der Waals surface area contributed by atoms with Crippen molar-refractivity contribution < 1.29 is 13.6 Å². The van der Waals surface area contributed by atoms with E-state index >= 15 is 0 Å². The summed E-state index contributed by atoms with van der Waals surface area (Å²) in [6.45, 7) is 0. The van der Waals surface area contributed by atoms with Crippen LogP contribution in [0.4, 0.5) is 8.78 Å². The highest BCUT2D eigenvalue weighted by Gasteiger charge is 2.45. The lowest BCUT2D eigenvalue weighted by atomic mass is 9.68. The van der Waals surface area contributed by atoms with Gasteiger partial charge in [-0.3, -0.25) is 4.79 Å². The van der Waals surface area contributed by atoms with Crippen molar-refractivity contribution in [2.24, 2.45) is 17.8 Å². The fraction of sp³-hybridized carbons (Fsp3) is 0.652. The Morgan fingerprint density at radius 2 is 1.56 bits per heavy atom. The molecular formula is C23H29F2IO. The van der Waals surface area contributed by atoms with Crippen molar-refractivity contribution in [1.82, 2.24) is 0 Å². The van der Waals surface area contributed by atoms with E-state index in [1.165, 1.54) is 56.9 Å². The van der Waals surface area contributed by atoms with Gasteiger partial charge in [0, 0.05) is 9.50 Å². The van der Waals surface area contributed by atoms with Gasteiger partial charge in [0.2, 0.25) is 5.78 Å². The van der Waals surface area contributed by atoms with E-state index in [9.17, 15) is 13.6 Å². The zero-order valence-corrected chi connectivity index (χ0v) is 18.0. The van der Waals surface area contributed by atoms with Crippen LogP contribution in [0, 0.1) is 17.8 Å². The second-order valence-electron chi connectivity index (χ2n) is 8.70. The maximum Gasteiger partial charge on any atom is 0.331 e. The van der Waals surface area contributed by atoms with Crippen LogP contribution in [-0.4, -0.2) is 20.1 Å². The van der Waals surface area contributed by atoms with Gasteiger partial charge in [0.05, 0.1) is 0 Å². The van der Waals surface area contributed by atoms with Crippen LogP contribution in [-0.2, 0) is 4.79 Å². The number of alkyl halides is 3. The maximum atomic E-state index is 14.1. The van der Waals surface area contributed by atoms with E-state index in [1.807, 2.05) is 6.08 Å². The van der Waals surface area contributed by atoms with E-state index < -0.39 is 11.7 Å². The number of carbonyl (C=O) groups excluding carboxylic acids is 1. The number of halogens is 3. The van der Waals surface area contributed by atoms with Crippen LogP contribution >= 0.6 is 20.7 Å². The predicted octanol–water partition coefficient (Wildman–Crippen LogP) is 6.55. The summed E-state index contributed by atoms with van der Waals surface area (Å²) in [6.07, 6.45) is 16.3. The molecule has 0 aromatic heterocycles. The highest BCUT2D eigenvalue weighted by molar-refractivity contribution is 14.2. The highest BCUT2D eigenvalue weighted by atomic mass is 127. The summed E-state index contributed by atoms with van der Waals surface area (Å²) in [5, 5.41) is 0. The number of carbonyl (C=O) groups is 1. The van der Waals surface area contributed by atoms with Gasteiger partial charge < -0.3 is 0 Å². The zero-order valence-electron chi connectivity index (χ0n) is 15.9. The third-order valence-electron chi connectivity index (χ3n) is 7.34. The Balaban J connectivity index is 1.37. The minimum absolute atomic E-state index is 0.0393. The summed E-state index contributed by atoms with van der Waals surface area (Å²) >= 11 is 0.173. The third-order valence-corrected chi connectivity index (χ3v) is 9.83. The van der Waals surface area contributed by atoms with Gasteiger partial charge in [-0.15, -0.1) is 20.7 Å². The summed E-state index contributed by atoms with van der Waals surface area (Å²) in [4.78, 5) is 11.5. The molecule has 1 nitrogen and oxygen atoms in total. The van der Waals surface area contributed by atoms with Crippen molar-refractivity contribution >= 4 is 31.0 Å². The molecule has 0 N–H and O–H groups in total. The largest absolute Gasteiger partial charge is 0.331 e. The Hall–Kier alpha value is -0.650. The molecular weight excluding hydrogens is 457 g/mol. The van der Waals surface area contributed by atoms with Crippen molar-refractivity contribution in [3.8, 4) is 0 Å². The molecule has 0 saturated heterocycles. The molecule has 0 radical (unpaired) electrons. The molecule has 0 aliphatic heterocycles. The van der Waals surface area contributed by atoms with Crippen LogP contribution in [0.3, 0.4) is 0 Å². The zero-order chi connectivity index (χ0) is 19.0. The molecule has 148 valence electrons. The van der Waals surface area contributed by atoms with Crippen LogP contribution in [0.1, 0.15) is 64.2 Å². The number of allylic oxidation sites excluding steroid dienone is 6. The van der Waals surface area contributed by atoms with E-state index in [2.05, 4.69) is 4.51 Å². The first-order chi connectivity index (χ1) is 13.0. The second-order valence-corrected chi connectivity index (χ2v) is 11.3. The minimum atomic E-state index is -3.29.